The first-order chi connectivity index (χ1) is 3.42. The highest BCUT2D eigenvalue weighted by atomic mass is 35.6. The quantitative estimate of drug-likeness (QED) is 0.499. The Morgan fingerprint density at radius 3 is 1.67 bits per heavy atom. The van der Waals surface area contributed by atoms with Crippen LogP contribution in [0.1, 0.15) is 0 Å². The Kier molecular flexibility index (Phi) is 6.02. The Labute approximate surface area is 71.7 Å². The number of halogens is 4. The van der Waals surface area contributed by atoms with Crippen LogP contribution in [-0.4, -0.2) is 9.41 Å². The molecule has 0 aromatic rings. The third kappa shape index (κ3) is 11.9. The Bertz CT molecular complexity index is 99.2. The van der Waals surface area contributed by atoms with Crippen LogP contribution in [-0.2, 0) is 4.74 Å². The fourth-order valence-corrected chi connectivity index (χ4v) is 0.535. The lowest BCUT2D eigenvalue weighted by molar-refractivity contribution is 0.172. The summed E-state index contributed by atoms with van der Waals surface area (Å²) in [7, 11) is 0. The Morgan fingerprint density at radius 2 is 1.67 bits per heavy atom. The lowest BCUT2D eigenvalue weighted by Gasteiger charge is -2.06. The van der Waals surface area contributed by atoms with Gasteiger partial charge < -0.3 is 10.9 Å². The van der Waals surface area contributed by atoms with Crippen LogP contribution in [0.4, 0.5) is 4.79 Å². The van der Waals surface area contributed by atoms with Crippen LogP contribution in [0.2, 0.25) is 0 Å². The second-order valence-corrected chi connectivity index (χ2v) is 3.27. The molecule has 0 bridgehead atoms. The minimum atomic E-state index is -2.04. The molecule has 0 aliphatic heterocycles. The van der Waals surface area contributed by atoms with Crippen LogP contribution < -0.4 is 6.15 Å². The molecule has 0 heterocycles. The molecule has 3 N–H and O–H groups in total. The van der Waals surface area contributed by atoms with E-state index in [1.54, 1.807) is 0 Å². The minimum Gasteiger partial charge on any atom is -0.402 e. The van der Waals surface area contributed by atoms with Crippen molar-refractivity contribution in [1.29, 1.82) is 0 Å². The van der Waals surface area contributed by atoms with Crippen molar-refractivity contribution in [3.63, 3.8) is 0 Å². The SMILES string of the molecule is N.O=C(Cl)OC(Cl)(Cl)Cl. The maximum atomic E-state index is 9.75. The van der Waals surface area contributed by atoms with Gasteiger partial charge in [0.2, 0.25) is 0 Å². The Morgan fingerprint density at radius 1 is 1.33 bits per heavy atom. The van der Waals surface area contributed by atoms with Gasteiger partial charge in [-0.05, 0) is 34.8 Å². The van der Waals surface area contributed by atoms with E-state index in [0.29, 0.717) is 0 Å². The molecule has 0 aromatic carbocycles. The van der Waals surface area contributed by atoms with E-state index in [9.17, 15) is 4.79 Å². The van der Waals surface area contributed by atoms with Gasteiger partial charge in [0.25, 0.3) is 0 Å². The van der Waals surface area contributed by atoms with Crippen molar-refractivity contribution in [2.24, 2.45) is 0 Å². The van der Waals surface area contributed by atoms with Crippen molar-refractivity contribution in [3.05, 3.63) is 0 Å². The van der Waals surface area contributed by atoms with E-state index in [1.807, 2.05) is 0 Å². The molecule has 0 saturated heterocycles. The second kappa shape index (κ2) is 4.41. The molecular weight excluding hydrogens is 212 g/mol. The van der Waals surface area contributed by atoms with Gasteiger partial charge in [-0.25, -0.2) is 4.79 Å². The second-order valence-electron chi connectivity index (χ2n) is 0.785. The fourth-order valence-electron chi connectivity index (χ4n) is 0.0910. The minimum absolute atomic E-state index is 0. The molecule has 0 amide bonds. The predicted molar refractivity (Wildman–Crippen MR) is 37.6 cm³/mol. The topological polar surface area (TPSA) is 61.3 Å². The maximum Gasteiger partial charge on any atom is 0.407 e. The molecule has 0 aliphatic carbocycles. The lowest BCUT2D eigenvalue weighted by atomic mass is 11.4. The standard InChI is InChI=1S/C2Cl4O2.H3N/c3-1(7)8-2(4,5)6;/h;1H3. The zero-order valence-corrected chi connectivity index (χ0v) is 7.06. The van der Waals surface area contributed by atoms with Crippen LogP contribution in [0, 0.1) is 0 Å². The highest BCUT2D eigenvalue weighted by Gasteiger charge is 2.23. The molecule has 0 aliphatic rings. The van der Waals surface area contributed by atoms with Gasteiger partial charge in [0.05, 0.1) is 0 Å². The number of rotatable bonds is 0. The van der Waals surface area contributed by atoms with Crippen LogP contribution >= 0.6 is 46.4 Å². The van der Waals surface area contributed by atoms with E-state index in [0.717, 1.165) is 0 Å². The number of carbonyl (C=O) groups excluding carboxylic acids is 1. The number of ether oxygens (including phenoxy) is 1. The first-order valence-corrected chi connectivity index (χ1v) is 2.88. The van der Waals surface area contributed by atoms with Crippen LogP contribution in [0.25, 0.3) is 0 Å². The average Bonchev–Trinajstić information content (AvgIpc) is 1.21. The highest BCUT2D eigenvalue weighted by Crippen LogP contribution is 2.27. The third-order valence-corrected chi connectivity index (χ3v) is 0.505. The summed E-state index contributed by atoms with van der Waals surface area (Å²) >= 11 is 19.4. The van der Waals surface area contributed by atoms with Gasteiger partial charge in [0.15, 0.2) is 0 Å². The zero-order valence-electron chi connectivity index (χ0n) is 4.04. The van der Waals surface area contributed by atoms with Gasteiger partial charge in [-0.2, -0.15) is 0 Å². The van der Waals surface area contributed by atoms with Gasteiger partial charge >= 0.3 is 9.41 Å². The van der Waals surface area contributed by atoms with Crippen LogP contribution in [0.3, 0.4) is 0 Å². The number of carbonyl (C=O) groups is 1. The molecule has 7 heteroatoms. The third-order valence-electron chi connectivity index (χ3n) is 0.196. The summed E-state index contributed by atoms with van der Waals surface area (Å²) in [5, 5.41) is 0. The van der Waals surface area contributed by atoms with Gasteiger partial charge in [0, 0.05) is 11.6 Å². The van der Waals surface area contributed by atoms with Gasteiger partial charge in [0.1, 0.15) is 0 Å². The first kappa shape index (κ1) is 12.3. The maximum absolute atomic E-state index is 9.75. The molecular formula is C2H3Cl4NO2. The number of hydrogen-bond acceptors (Lipinski definition) is 3. The largest absolute Gasteiger partial charge is 0.407 e. The van der Waals surface area contributed by atoms with Gasteiger partial charge in [-0.15, -0.1) is 0 Å². The summed E-state index contributed by atoms with van der Waals surface area (Å²) in [5.41, 5.74) is -1.15. The van der Waals surface area contributed by atoms with E-state index in [4.69, 9.17) is 34.8 Å². The van der Waals surface area contributed by atoms with Crippen molar-refractivity contribution in [3.8, 4) is 0 Å². The predicted octanol–water partition coefficient (Wildman–Crippen LogP) is 2.85. The summed E-state index contributed by atoms with van der Waals surface area (Å²) in [5.74, 6) is 0. The molecule has 0 aromatic heterocycles. The highest BCUT2D eigenvalue weighted by molar-refractivity contribution is 6.69. The molecule has 0 rings (SSSR count). The van der Waals surface area contributed by atoms with E-state index >= 15 is 0 Å². The van der Waals surface area contributed by atoms with Crippen molar-refractivity contribution in [1.82, 2.24) is 6.15 Å². The normalized spacial score (nSPS) is 9.78. The molecule has 56 valence electrons. The van der Waals surface area contributed by atoms with E-state index < -0.39 is 9.41 Å². The van der Waals surface area contributed by atoms with Crippen molar-refractivity contribution < 1.29 is 9.53 Å². The lowest BCUT2D eigenvalue weighted by Crippen LogP contribution is -2.09. The summed E-state index contributed by atoms with van der Waals surface area (Å²) in [4.78, 5) is 9.75. The van der Waals surface area contributed by atoms with E-state index in [1.165, 1.54) is 0 Å². The summed E-state index contributed by atoms with van der Waals surface area (Å²) < 4.78 is 1.82. The summed E-state index contributed by atoms with van der Waals surface area (Å²) in [6.45, 7) is 0. The fraction of sp³-hybridized carbons (Fsp3) is 0.500. The monoisotopic (exact) mass is 213 g/mol. The van der Waals surface area contributed by atoms with Gasteiger partial charge in [-0.1, -0.05) is 0 Å². The van der Waals surface area contributed by atoms with Crippen molar-refractivity contribution >= 4 is 51.8 Å². The summed E-state index contributed by atoms with van der Waals surface area (Å²) in [6.07, 6.45) is 0. The molecule has 0 spiro atoms. The zero-order chi connectivity index (χ0) is 6.78. The number of hydrogen-bond donors (Lipinski definition) is 1. The molecule has 0 atom stereocenters. The van der Waals surface area contributed by atoms with E-state index in [2.05, 4.69) is 16.3 Å². The molecule has 9 heavy (non-hydrogen) atoms. The Hall–Kier alpha value is 0.590. The van der Waals surface area contributed by atoms with Gasteiger partial charge in [-0.3, -0.25) is 0 Å². The molecule has 3 nitrogen and oxygen atoms in total. The van der Waals surface area contributed by atoms with Crippen LogP contribution in [0.5, 0.6) is 0 Å². The molecule has 0 unspecified atom stereocenters. The molecule has 0 fully saturated rings. The number of alkyl halides is 3. The first-order valence-electron chi connectivity index (χ1n) is 1.37. The van der Waals surface area contributed by atoms with Crippen LogP contribution in [0.15, 0.2) is 0 Å². The van der Waals surface area contributed by atoms with Crippen molar-refractivity contribution in [2.75, 3.05) is 0 Å². The summed E-state index contributed by atoms with van der Waals surface area (Å²) in [6, 6.07) is 0. The molecule has 0 saturated carbocycles. The van der Waals surface area contributed by atoms with Crippen molar-refractivity contribution in [2.45, 2.75) is 3.98 Å². The van der Waals surface area contributed by atoms with E-state index in [-0.39, 0.29) is 6.15 Å². The molecule has 0 radical (unpaired) electrons. The Balaban J connectivity index is 0. The smallest absolute Gasteiger partial charge is 0.402 e. The average molecular weight is 215 g/mol.